The Morgan fingerprint density at radius 3 is 2.66 bits per heavy atom. The molecule has 11 nitrogen and oxygen atoms in total. The van der Waals surface area contributed by atoms with Gasteiger partial charge in [-0.05, 0) is 63.9 Å². The smallest absolute Gasteiger partial charge is 0.274 e. The highest BCUT2D eigenvalue weighted by Gasteiger charge is 2.38. The number of nitrogens with zero attached hydrogens (tertiary/aromatic N) is 5. The number of carbonyl (C=O) groups excluding carboxylic acids is 3. The number of aromatic nitrogens is 3. The average Bonchev–Trinajstić information content (AvgIpc) is 3.64. The first-order chi connectivity index (χ1) is 19.7. The second-order valence-corrected chi connectivity index (χ2v) is 10.3. The third kappa shape index (κ3) is 7.25. The van der Waals surface area contributed by atoms with Crippen LogP contribution < -0.4 is 10.6 Å². The molecule has 1 fully saturated rings. The van der Waals surface area contributed by atoms with Crippen molar-refractivity contribution >= 4 is 23.5 Å². The van der Waals surface area contributed by atoms with Crippen LogP contribution in [-0.2, 0) is 20.7 Å². The van der Waals surface area contributed by atoms with E-state index in [1.165, 1.54) is 19.2 Å². The molecule has 4 atom stereocenters. The number of likely N-dealkylation sites (tertiary alicyclic amines) is 1. The fourth-order valence-electron chi connectivity index (χ4n) is 4.96. The van der Waals surface area contributed by atoms with Crippen molar-refractivity contribution in [3.8, 4) is 0 Å². The van der Waals surface area contributed by atoms with Crippen LogP contribution in [0, 0.1) is 5.82 Å². The van der Waals surface area contributed by atoms with Gasteiger partial charge in [0.05, 0.1) is 12.1 Å². The summed E-state index contributed by atoms with van der Waals surface area (Å²) in [6.07, 6.45) is 6.43. The first-order valence-corrected chi connectivity index (χ1v) is 13.9. The summed E-state index contributed by atoms with van der Waals surface area (Å²) in [5, 5.41) is 5.72. The van der Waals surface area contributed by atoms with E-state index in [4.69, 9.17) is 4.74 Å². The number of carbonyl (C=O) groups is 3. The van der Waals surface area contributed by atoms with Gasteiger partial charge < -0.3 is 25.2 Å². The summed E-state index contributed by atoms with van der Waals surface area (Å²) in [6.45, 7) is 4.59. The fraction of sp³-hybridized carbons (Fsp3) is 0.483. The van der Waals surface area contributed by atoms with Crippen molar-refractivity contribution in [1.82, 2.24) is 34.8 Å². The van der Waals surface area contributed by atoms with Crippen LogP contribution in [0.2, 0.25) is 0 Å². The van der Waals surface area contributed by atoms with E-state index in [1.807, 2.05) is 0 Å². The second kappa shape index (κ2) is 13.6. The normalized spacial score (nSPS) is 17.3. The number of hydrogen-bond acceptors (Lipinski definition) is 7. The number of benzene rings is 1. The van der Waals surface area contributed by atoms with Crippen molar-refractivity contribution in [2.45, 2.75) is 57.3 Å². The predicted molar refractivity (Wildman–Crippen MR) is 151 cm³/mol. The van der Waals surface area contributed by atoms with Crippen LogP contribution in [-0.4, -0.2) is 99.9 Å². The molecular formula is C29H38FN7O4. The number of rotatable bonds is 12. The highest BCUT2D eigenvalue weighted by molar-refractivity contribution is 5.93. The van der Waals surface area contributed by atoms with Gasteiger partial charge >= 0.3 is 0 Å². The third-order valence-corrected chi connectivity index (χ3v) is 7.65. The minimum Gasteiger partial charge on any atom is -0.379 e. The Morgan fingerprint density at radius 2 is 1.98 bits per heavy atom. The van der Waals surface area contributed by atoms with Crippen molar-refractivity contribution in [3.05, 3.63) is 66.0 Å². The molecule has 0 spiro atoms. The molecule has 1 saturated heterocycles. The molecule has 3 amide bonds. The monoisotopic (exact) mass is 567 g/mol. The minimum absolute atomic E-state index is 0.248. The zero-order chi connectivity index (χ0) is 29.5. The topological polar surface area (TPSA) is 121 Å². The van der Waals surface area contributed by atoms with Gasteiger partial charge in [0.25, 0.3) is 5.91 Å². The van der Waals surface area contributed by atoms with Gasteiger partial charge in [0.15, 0.2) is 0 Å². The van der Waals surface area contributed by atoms with E-state index in [0.29, 0.717) is 31.7 Å². The number of ether oxygens (including phenoxy) is 1. The van der Waals surface area contributed by atoms with Gasteiger partial charge in [-0.1, -0.05) is 12.1 Å². The molecule has 12 heteroatoms. The summed E-state index contributed by atoms with van der Waals surface area (Å²) in [5.41, 5.74) is 1.13. The SMILES string of the molecule is CN[C@@H](C)C(=O)N[C@H](C(=O)N1CCCC1CN(CCc1ccc(F)cc1)C(=O)c1cn2cccnc2n1)[C@@H](C)OC. The Morgan fingerprint density at radius 1 is 1.22 bits per heavy atom. The molecule has 41 heavy (non-hydrogen) atoms. The van der Waals surface area contributed by atoms with E-state index in [2.05, 4.69) is 20.6 Å². The van der Waals surface area contributed by atoms with Crippen molar-refractivity contribution in [1.29, 1.82) is 0 Å². The predicted octanol–water partition coefficient (Wildman–Crippen LogP) is 1.67. The van der Waals surface area contributed by atoms with Gasteiger partial charge in [0.2, 0.25) is 17.6 Å². The number of methoxy groups -OCH3 is 1. The molecule has 3 heterocycles. The van der Waals surface area contributed by atoms with Crippen molar-refractivity contribution < 1.29 is 23.5 Å². The lowest BCUT2D eigenvalue weighted by Gasteiger charge is -2.34. The van der Waals surface area contributed by atoms with Crippen LogP contribution in [0.25, 0.3) is 5.78 Å². The van der Waals surface area contributed by atoms with Crippen LogP contribution in [0.5, 0.6) is 0 Å². The van der Waals surface area contributed by atoms with E-state index in [0.717, 1.165) is 12.0 Å². The molecule has 0 saturated carbocycles. The van der Waals surface area contributed by atoms with Gasteiger partial charge in [-0.25, -0.2) is 14.4 Å². The number of amides is 3. The molecule has 220 valence electrons. The molecule has 0 bridgehead atoms. The molecule has 2 aromatic heterocycles. The lowest BCUT2D eigenvalue weighted by atomic mass is 10.1. The molecule has 1 unspecified atom stereocenters. The lowest BCUT2D eigenvalue weighted by Crippen LogP contribution is -2.58. The highest BCUT2D eigenvalue weighted by atomic mass is 19.1. The quantitative estimate of drug-likeness (QED) is 0.342. The molecule has 0 radical (unpaired) electrons. The molecular weight excluding hydrogens is 529 g/mol. The maximum absolute atomic E-state index is 13.8. The van der Waals surface area contributed by atoms with Crippen LogP contribution in [0.15, 0.2) is 48.9 Å². The van der Waals surface area contributed by atoms with E-state index in [9.17, 15) is 18.8 Å². The zero-order valence-corrected chi connectivity index (χ0v) is 23.9. The van der Waals surface area contributed by atoms with E-state index >= 15 is 0 Å². The summed E-state index contributed by atoms with van der Waals surface area (Å²) in [5.74, 6) is -0.747. The summed E-state index contributed by atoms with van der Waals surface area (Å²) in [7, 11) is 3.17. The van der Waals surface area contributed by atoms with Crippen molar-refractivity contribution in [2.75, 3.05) is 33.8 Å². The lowest BCUT2D eigenvalue weighted by molar-refractivity contribution is -0.141. The first-order valence-electron chi connectivity index (χ1n) is 13.9. The number of halogens is 1. The second-order valence-electron chi connectivity index (χ2n) is 10.3. The number of hydrogen-bond donors (Lipinski definition) is 2. The Labute approximate surface area is 239 Å². The van der Waals surface area contributed by atoms with Crippen LogP contribution in [0.4, 0.5) is 4.39 Å². The third-order valence-electron chi connectivity index (χ3n) is 7.65. The maximum atomic E-state index is 13.8. The molecule has 0 aliphatic carbocycles. The fourth-order valence-corrected chi connectivity index (χ4v) is 4.96. The largest absolute Gasteiger partial charge is 0.379 e. The van der Waals surface area contributed by atoms with Gasteiger partial charge in [-0.2, -0.15) is 0 Å². The van der Waals surface area contributed by atoms with Gasteiger partial charge in [0.1, 0.15) is 17.6 Å². The summed E-state index contributed by atoms with van der Waals surface area (Å²) < 4.78 is 20.6. The van der Waals surface area contributed by atoms with Gasteiger partial charge in [-0.15, -0.1) is 0 Å². The molecule has 2 N–H and O–H groups in total. The molecule has 1 aliphatic rings. The van der Waals surface area contributed by atoms with E-state index in [1.54, 1.807) is 71.9 Å². The van der Waals surface area contributed by atoms with Gasteiger partial charge in [-0.3, -0.25) is 18.8 Å². The minimum atomic E-state index is -0.878. The van der Waals surface area contributed by atoms with Crippen LogP contribution in [0.1, 0.15) is 42.7 Å². The summed E-state index contributed by atoms with van der Waals surface area (Å²) in [4.78, 5) is 52.3. The Balaban J connectivity index is 1.56. The first kappa shape index (κ1) is 30.1. The number of nitrogens with one attached hydrogen (secondary N) is 2. The molecule has 1 aliphatic heterocycles. The molecule has 3 aromatic rings. The standard InChI is InChI=1S/C29H38FN7O4/c1-19(31-3)26(38)34-25(20(2)41-4)28(40)37-15-5-7-23(37)17-35(16-12-21-8-10-22(30)11-9-21)27(39)24-18-36-14-6-13-32-29(36)33-24/h6,8-11,13-14,18-20,23,25,31H,5,7,12,15-17H2,1-4H3,(H,34,38)/t19-,20+,23?,25-/m0/s1. The summed E-state index contributed by atoms with van der Waals surface area (Å²) in [6, 6.07) is 6.32. The number of fused-ring (bicyclic) bond motifs is 1. The Bertz CT molecular complexity index is 1320. The summed E-state index contributed by atoms with van der Waals surface area (Å²) >= 11 is 0. The van der Waals surface area contributed by atoms with E-state index in [-0.39, 0.29) is 41.8 Å². The Kier molecular flexibility index (Phi) is 10.0. The van der Waals surface area contributed by atoms with Crippen LogP contribution >= 0.6 is 0 Å². The molecule has 1 aromatic carbocycles. The van der Waals surface area contributed by atoms with E-state index < -0.39 is 18.2 Å². The highest BCUT2D eigenvalue weighted by Crippen LogP contribution is 2.22. The van der Waals surface area contributed by atoms with Gasteiger partial charge in [0, 0.05) is 51.4 Å². The zero-order valence-electron chi connectivity index (χ0n) is 23.9. The molecule has 4 rings (SSSR count). The maximum Gasteiger partial charge on any atom is 0.274 e. The number of likely N-dealkylation sites (N-methyl/N-ethyl adjacent to an activating group) is 1. The number of imidazole rings is 1. The van der Waals surface area contributed by atoms with Crippen LogP contribution in [0.3, 0.4) is 0 Å². The van der Waals surface area contributed by atoms with Crippen molar-refractivity contribution in [3.63, 3.8) is 0 Å². The Hall–Kier alpha value is -3.90. The average molecular weight is 568 g/mol. The van der Waals surface area contributed by atoms with Crippen molar-refractivity contribution in [2.24, 2.45) is 0 Å².